The van der Waals surface area contributed by atoms with Crippen LogP contribution in [0.1, 0.15) is 0 Å². The SMILES string of the molecule is CS(=O)(=O)c1ccccc1Sc1ccc([N+](=O)[O-])c2cnccc12. The number of nitro benzene ring substituents is 1. The van der Waals surface area contributed by atoms with Crippen molar-refractivity contribution in [2.45, 2.75) is 14.7 Å². The number of fused-ring (bicyclic) bond motifs is 1. The topological polar surface area (TPSA) is 90.2 Å². The molecule has 0 spiro atoms. The second-order valence-corrected chi connectivity index (χ2v) is 8.15. The zero-order valence-electron chi connectivity index (χ0n) is 12.5. The molecule has 24 heavy (non-hydrogen) atoms. The molecule has 2 aromatic carbocycles. The Labute approximate surface area is 142 Å². The second-order valence-electron chi connectivity index (χ2n) is 5.08. The molecule has 0 amide bonds. The van der Waals surface area contributed by atoms with Gasteiger partial charge in [0, 0.05) is 39.9 Å². The third-order valence-corrected chi connectivity index (χ3v) is 5.86. The van der Waals surface area contributed by atoms with Crippen LogP contribution in [0.5, 0.6) is 0 Å². The van der Waals surface area contributed by atoms with E-state index in [2.05, 4.69) is 4.98 Å². The molecule has 1 heterocycles. The largest absolute Gasteiger partial charge is 0.278 e. The monoisotopic (exact) mass is 360 g/mol. The van der Waals surface area contributed by atoms with Gasteiger partial charge in [-0.2, -0.15) is 0 Å². The number of nitro groups is 1. The zero-order chi connectivity index (χ0) is 17.3. The van der Waals surface area contributed by atoms with E-state index in [0.29, 0.717) is 15.7 Å². The van der Waals surface area contributed by atoms with Gasteiger partial charge in [0.2, 0.25) is 0 Å². The molecule has 0 fully saturated rings. The summed E-state index contributed by atoms with van der Waals surface area (Å²) in [7, 11) is -3.37. The molecule has 0 N–H and O–H groups in total. The number of non-ortho nitro benzene ring substituents is 1. The molecule has 3 rings (SSSR count). The lowest BCUT2D eigenvalue weighted by Gasteiger charge is -2.09. The number of rotatable bonds is 4. The van der Waals surface area contributed by atoms with Crippen LogP contribution in [0, 0.1) is 10.1 Å². The predicted octanol–water partition coefficient (Wildman–Crippen LogP) is 3.70. The molecule has 0 atom stereocenters. The zero-order valence-corrected chi connectivity index (χ0v) is 14.2. The first-order valence-corrected chi connectivity index (χ1v) is 9.57. The maximum absolute atomic E-state index is 11.9. The van der Waals surface area contributed by atoms with E-state index in [-0.39, 0.29) is 10.6 Å². The van der Waals surface area contributed by atoms with E-state index >= 15 is 0 Å². The minimum Gasteiger partial charge on any atom is -0.264 e. The minimum absolute atomic E-state index is 0.0288. The summed E-state index contributed by atoms with van der Waals surface area (Å²) < 4.78 is 23.9. The van der Waals surface area contributed by atoms with Crippen LogP contribution in [-0.2, 0) is 9.84 Å². The van der Waals surface area contributed by atoms with E-state index in [1.807, 2.05) is 0 Å². The van der Waals surface area contributed by atoms with E-state index in [4.69, 9.17) is 0 Å². The summed E-state index contributed by atoms with van der Waals surface area (Å²) in [5.74, 6) is 0. The van der Waals surface area contributed by atoms with E-state index in [0.717, 1.165) is 11.2 Å². The number of hydrogen-bond donors (Lipinski definition) is 0. The molecule has 0 bridgehead atoms. The van der Waals surface area contributed by atoms with Crippen LogP contribution < -0.4 is 0 Å². The highest BCUT2D eigenvalue weighted by molar-refractivity contribution is 8.00. The van der Waals surface area contributed by atoms with Gasteiger partial charge in [-0.15, -0.1) is 0 Å². The number of aromatic nitrogens is 1. The van der Waals surface area contributed by atoms with Gasteiger partial charge in [-0.05, 0) is 24.3 Å². The normalized spacial score (nSPS) is 11.5. The third kappa shape index (κ3) is 3.10. The van der Waals surface area contributed by atoms with E-state index in [1.54, 1.807) is 42.6 Å². The van der Waals surface area contributed by atoms with E-state index in [1.165, 1.54) is 24.0 Å². The van der Waals surface area contributed by atoms with Crippen LogP contribution in [-0.4, -0.2) is 24.6 Å². The Morgan fingerprint density at radius 3 is 2.50 bits per heavy atom. The molecule has 0 unspecified atom stereocenters. The lowest BCUT2D eigenvalue weighted by atomic mass is 10.1. The van der Waals surface area contributed by atoms with Crippen molar-refractivity contribution in [2.75, 3.05) is 6.26 Å². The summed E-state index contributed by atoms with van der Waals surface area (Å²) in [5, 5.41) is 12.2. The molecule has 122 valence electrons. The number of sulfone groups is 1. The summed E-state index contributed by atoms with van der Waals surface area (Å²) in [5.41, 5.74) is -0.0288. The van der Waals surface area contributed by atoms with Crippen LogP contribution in [0.25, 0.3) is 10.8 Å². The van der Waals surface area contributed by atoms with Crippen molar-refractivity contribution in [3.05, 3.63) is 65.0 Å². The molecule has 0 aliphatic heterocycles. The first kappa shape index (κ1) is 16.4. The molecule has 0 aliphatic rings. The smallest absolute Gasteiger partial charge is 0.264 e. The average molecular weight is 360 g/mol. The first-order chi connectivity index (χ1) is 11.4. The van der Waals surface area contributed by atoms with Crippen molar-refractivity contribution < 1.29 is 13.3 Å². The molecular formula is C16H12N2O4S2. The van der Waals surface area contributed by atoms with E-state index < -0.39 is 14.8 Å². The molecule has 8 heteroatoms. The maximum Gasteiger partial charge on any atom is 0.278 e. The lowest BCUT2D eigenvalue weighted by molar-refractivity contribution is -0.383. The lowest BCUT2D eigenvalue weighted by Crippen LogP contribution is -1.99. The van der Waals surface area contributed by atoms with Crippen molar-refractivity contribution in [3.8, 4) is 0 Å². The van der Waals surface area contributed by atoms with Gasteiger partial charge < -0.3 is 0 Å². The van der Waals surface area contributed by atoms with Gasteiger partial charge in [0.1, 0.15) is 0 Å². The van der Waals surface area contributed by atoms with Gasteiger partial charge in [0.25, 0.3) is 5.69 Å². The van der Waals surface area contributed by atoms with Crippen LogP contribution in [0.3, 0.4) is 0 Å². The minimum atomic E-state index is -3.37. The van der Waals surface area contributed by atoms with Crippen molar-refractivity contribution in [2.24, 2.45) is 0 Å². The highest BCUT2D eigenvalue weighted by atomic mass is 32.2. The molecule has 3 aromatic rings. The fraction of sp³-hybridized carbons (Fsp3) is 0.0625. The Balaban J connectivity index is 2.17. The third-order valence-electron chi connectivity index (χ3n) is 3.42. The average Bonchev–Trinajstić information content (AvgIpc) is 2.54. The molecule has 0 saturated heterocycles. The molecule has 6 nitrogen and oxygen atoms in total. The molecule has 1 aromatic heterocycles. The Morgan fingerprint density at radius 2 is 1.79 bits per heavy atom. The predicted molar refractivity (Wildman–Crippen MR) is 92.1 cm³/mol. The summed E-state index contributed by atoms with van der Waals surface area (Å²) in [6, 6.07) is 11.4. The van der Waals surface area contributed by atoms with Gasteiger partial charge in [0.15, 0.2) is 9.84 Å². The first-order valence-electron chi connectivity index (χ1n) is 6.86. The van der Waals surface area contributed by atoms with Gasteiger partial charge in [-0.3, -0.25) is 15.1 Å². The van der Waals surface area contributed by atoms with E-state index in [9.17, 15) is 18.5 Å². The Kier molecular flexibility index (Phi) is 4.25. The van der Waals surface area contributed by atoms with Gasteiger partial charge in [0.05, 0.1) is 15.2 Å². The quantitative estimate of drug-likeness (QED) is 0.520. The Morgan fingerprint density at radius 1 is 1.04 bits per heavy atom. The van der Waals surface area contributed by atoms with Crippen molar-refractivity contribution >= 4 is 38.1 Å². The highest BCUT2D eigenvalue weighted by Gasteiger charge is 2.18. The second kappa shape index (κ2) is 6.21. The molecule has 0 aliphatic carbocycles. The fourth-order valence-electron chi connectivity index (χ4n) is 2.36. The Bertz CT molecular complexity index is 1050. The van der Waals surface area contributed by atoms with Crippen LogP contribution in [0.2, 0.25) is 0 Å². The summed E-state index contributed by atoms with van der Waals surface area (Å²) in [6.45, 7) is 0. The molecule has 0 saturated carbocycles. The number of hydrogen-bond acceptors (Lipinski definition) is 6. The summed E-state index contributed by atoms with van der Waals surface area (Å²) in [6.07, 6.45) is 4.16. The maximum atomic E-state index is 11.9. The standard InChI is InChI=1S/C16H12N2O4S2/c1-24(21,22)16-5-3-2-4-15(16)23-14-7-6-13(18(19)20)12-10-17-9-8-11(12)14/h2-10H,1H3. The van der Waals surface area contributed by atoms with Crippen molar-refractivity contribution in [1.29, 1.82) is 0 Å². The van der Waals surface area contributed by atoms with Crippen LogP contribution in [0.4, 0.5) is 5.69 Å². The highest BCUT2D eigenvalue weighted by Crippen LogP contribution is 2.39. The number of benzene rings is 2. The van der Waals surface area contributed by atoms with Crippen molar-refractivity contribution in [1.82, 2.24) is 4.98 Å². The van der Waals surface area contributed by atoms with Crippen LogP contribution in [0.15, 0.2) is 69.5 Å². The number of nitrogens with zero attached hydrogens (tertiary/aromatic N) is 2. The van der Waals surface area contributed by atoms with Gasteiger partial charge in [-0.1, -0.05) is 23.9 Å². The molecular weight excluding hydrogens is 348 g/mol. The molecule has 0 radical (unpaired) electrons. The van der Waals surface area contributed by atoms with Crippen molar-refractivity contribution in [3.63, 3.8) is 0 Å². The Hall–Kier alpha value is -2.45. The van der Waals surface area contributed by atoms with Gasteiger partial charge >= 0.3 is 0 Å². The fourth-order valence-corrected chi connectivity index (χ4v) is 4.67. The van der Waals surface area contributed by atoms with Gasteiger partial charge in [-0.25, -0.2) is 8.42 Å². The summed E-state index contributed by atoms with van der Waals surface area (Å²) >= 11 is 1.26. The van der Waals surface area contributed by atoms with Crippen LogP contribution >= 0.6 is 11.8 Å². The number of pyridine rings is 1. The summed E-state index contributed by atoms with van der Waals surface area (Å²) in [4.78, 5) is 16.2.